The number of anilines is 1. The highest BCUT2D eigenvalue weighted by molar-refractivity contribution is 7.10. The molecular formula is C18H24F3NSSi. The third kappa shape index (κ3) is 3.86. The molecule has 1 unspecified atom stereocenters. The standard InChI is InChI=1S/C18H24F3NSSi/c1-4-24(5-2,6-3)17(16-12-9-13-23-16)22-15-11-8-7-10-14(15)18(19,20)21/h7-13,17,22H,4-6H2,1-3H3. The lowest BCUT2D eigenvalue weighted by Crippen LogP contribution is -2.43. The van der Waals surface area contributed by atoms with E-state index in [0.717, 1.165) is 29.1 Å². The molecule has 0 bridgehead atoms. The van der Waals surface area contributed by atoms with Gasteiger partial charge in [-0.05, 0) is 23.6 Å². The Labute approximate surface area is 146 Å². The molecule has 24 heavy (non-hydrogen) atoms. The van der Waals surface area contributed by atoms with Gasteiger partial charge in [-0.15, -0.1) is 11.3 Å². The van der Waals surface area contributed by atoms with Gasteiger partial charge in [-0.25, -0.2) is 0 Å². The smallest absolute Gasteiger partial charge is 0.380 e. The van der Waals surface area contributed by atoms with E-state index in [-0.39, 0.29) is 11.4 Å². The first-order chi connectivity index (χ1) is 11.4. The van der Waals surface area contributed by atoms with Crippen LogP contribution < -0.4 is 5.32 Å². The first-order valence-electron chi connectivity index (χ1n) is 8.34. The van der Waals surface area contributed by atoms with Gasteiger partial charge < -0.3 is 5.32 Å². The molecular weight excluding hydrogens is 347 g/mol. The summed E-state index contributed by atoms with van der Waals surface area (Å²) in [6, 6.07) is 13.0. The zero-order valence-electron chi connectivity index (χ0n) is 14.3. The molecule has 2 aromatic rings. The molecule has 0 radical (unpaired) electrons. The number of alkyl halides is 3. The molecule has 6 heteroatoms. The number of thiophene rings is 1. The third-order valence-corrected chi connectivity index (χ3v) is 12.1. The average molecular weight is 372 g/mol. The first-order valence-corrected chi connectivity index (χ1v) is 11.9. The predicted molar refractivity (Wildman–Crippen MR) is 99.3 cm³/mol. The molecule has 1 aromatic heterocycles. The van der Waals surface area contributed by atoms with Crippen molar-refractivity contribution in [2.45, 2.75) is 50.7 Å². The molecule has 1 nitrogen and oxygen atoms in total. The normalized spacial score (nSPS) is 13.8. The monoisotopic (exact) mass is 371 g/mol. The third-order valence-electron chi connectivity index (χ3n) is 5.08. The van der Waals surface area contributed by atoms with Gasteiger partial charge in [0.1, 0.15) is 0 Å². The first kappa shape index (κ1) is 19.1. The van der Waals surface area contributed by atoms with Crippen LogP contribution in [0.15, 0.2) is 41.8 Å². The molecule has 0 aliphatic carbocycles. The van der Waals surface area contributed by atoms with Crippen molar-refractivity contribution < 1.29 is 13.2 Å². The van der Waals surface area contributed by atoms with Crippen LogP contribution in [0.1, 0.15) is 36.9 Å². The van der Waals surface area contributed by atoms with Gasteiger partial charge in [0.2, 0.25) is 0 Å². The van der Waals surface area contributed by atoms with Crippen molar-refractivity contribution in [1.82, 2.24) is 0 Å². The average Bonchev–Trinajstić information content (AvgIpc) is 3.09. The SMILES string of the molecule is CC[Si](CC)(CC)C(Nc1ccccc1C(F)(F)F)c1cccs1. The summed E-state index contributed by atoms with van der Waals surface area (Å²) in [4.78, 5) is 1.14. The number of nitrogens with one attached hydrogen (secondary N) is 1. The molecule has 1 atom stereocenters. The van der Waals surface area contributed by atoms with E-state index in [1.54, 1.807) is 23.5 Å². The van der Waals surface area contributed by atoms with Crippen LogP contribution in [0.2, 0.25) is 18.1 Å². The fourth-order valence-electron chi connectivity index (χ4n) is 3.36. The Hall–Kier alpha value is -1.27. The lowest BCUT2D eigenvalue weighted by atomic mass is 10.1. The maximum atomic E-state index is 13.4. The summed E-state index contributed by atoms with van der Waals surface area (Å²) in [5, 5.41) is 5.30. The topological polar surface area (TPSA) is 12.0 Å². The van der Waals surface area contributed by atoms with Gasteiger partial charge in [-0.2, -0.15) is 13.2 Å². The Balaban J connectivity index is 2.48. The molecule has 0 saturated carbocycles. The second-order valence-corrected chi connectivity index (χ2v) is 12.5. The van der Waals surface area contributed by atoms with Gasteiger partial charge in [-0.1, -0.05) is 57.1 Å². The zero-order valence-corrected chi connectivity index (χ0v) is 16.1. The molecule has 1 heterocycles. The number of para-hydroxylation sites is 1. The molecule has 0 aliphatic heterocycles. The summed E-state index contributed by atoms with van der Waals surface area (Å²) in [7, 11) is -1.78. The number of halogens is 3. The second kappa shape index (κ2) is 7.74. The highest BCUT2D eigenvalue weighted by atomic mass is 32.1. The van der Waals surface area contributed by atoms with Gasteiger partial charge in [0.25, 0.3) is 0 Å². The van der Waals surface area contributed by atoms with Crippen LogP contribution in [0.3, 0.4) is 0 Å². The predicted octanol–water partition coefficient (Wildman–Crippen LogP) is 6.97. The second-order valence-electron chi connectivity index (χ2n) is 6.06. The van der Waals surface area contributed by atoms with Gasteiger partial charge in [0.15, 0.2) is 0 Å². The minimum Gasteiger partial charge on any atom is -0.380 e. The summed E-state index contributed by atoms with van der Waals surface area (Å²) in [6.07, 6.45) is -4.35. The van der Waals surface area contributed by atoms with E-state index in [9.17, 15) is 13.2 Å². The Morgan fingerprint density at radius 1 is 1.00 bits per heavy atom. The largest absolute Gasteiger partial charge is 0.418 e. The molecule has 0 fully saturated rings. The van der Waals surface area contributed by atoms with Crippen molar-refractivity contribution in [2.75, 3.05) is 5.32 Å². The number of hydrogen-bond donors (Lipinski definition) is 1. The number of hydrogen-bond acceptors (Lipinski definition) is 2. The molecule has 0 spiro atoms. The van der Waals surface area contributed by atoms with Crippen molar-refractivity contribution in [3.05, 3.63) is 52.2 Å². The minimum atomic E-state index is -4.35. The summed E-state index contributed by atoms with van der Waals surface area (Å²) in [5.74, 6) is 0. The summed E-state index contributed by atoms with van der Waals surface area (Å²) in [5.41, 5.74) is -0.394. The maximum Gasteiger partial charge on any atom is 0.418 e. The lowest BCUT2D eigenvalue weighted by Gasteiger charge is -2.38. The van der Waals surface area contributed by atoms with E-state index in [4.69, 9.17) is 0 Å². The van der Waals surface area contributed by atoms with Crippen LogP contribution in [-0.4, -0.2) is 8.07 Å². The molecule has 132 valence electrons. The van der Waals surface area contributed by atoms with Crippen LogP contribution in [0.5, 0.6) is 0 Å². The van der Waals surface area contributed by atoms with Crippen LogP contribution in [0, 0.1) is 0 Å². The molecule has 0 saturated heterocycles. The summed E-state index contributed by atoms with van der Waals surface area (Å²) < 4.78 is 40.1. The molecule has 0 aliphatic rings. The van der Waals surface area contributed by atoms with E-state index in [1.807, 2.05) is 17.5 Å². The van der Waals surface area contributed by atoms with Crippen molar-refractivity contribution in [3.8, 4) is 0 Å². The summed E-state index contributed by atoms with van der Waals surface area (Å²) in [6.45, 7) is 6.53. The molecule has 1 N–H and O–H groups in total. The van der Waals surface area contributed by atoms with Crippen molar-refractivity contribution in [3.63, 3.8) is 0 Å². The number of benzene rings is 1. The van der Waals surface area contributed by atoms with Gasteiger partial charge in [-0.3, -0.25) is 0 Å². The van der Waals surface area contributed by atoms with Crippen molar-refractivity contribution in [1.29, 1.82) is 0 Å². The van der Waals surface area contributed by atoms with Gasteiger partial charge in [0.05, 0.1) is 19.3 Å². The van der Waals surface area contributed by atoms with Crippen LogP contribution in [0.4, 0.5) is 18.9 Å². The Kier molecular flexibility index (Phi) is 6.15. The van der Waals surface area contributed by atoms with Crippen LogP contribution in [-0.2, 0) is 6.18 Å². The Morgan fingerprint density at radius 3 is 2.12 bits per heavy atom. The highest BCUT2D eigenvalue weighted by Crippen LogP contribution is 2.41. The Morgan fingerprint density at radius 2 is 1.62 bits per heavy atom. The van der Waals surface area contributed by atoms with E-state index in [0.29, 0.717) is 0 Å². The highest BCUT2D eigenvalue weighted by Gasteiger charge is 2.40. The van der Waals surface area contributed by atoms with E-state index in [2.05, 4.69) is 26.1 Å². The Bertz CT molecular complexity index is 628. The molecule has 2 rings (SSSR count). The zero-order chi connectivity index (χ0) is 17.8. The van der Waals surface area contributed by atoms with Crippen molar-refractivity contribution in [2.24, 2.45) is 0 Å². The quantitative estimate of drug-likeness (QED) is 0.518. The lowest BCUT2D eigenvalue weighted by molar-refractivity contribution is -0.137. The number of rotatable bonds is 7. The van der Waals surface area contributed by atoms with E-state index in [1.165, 1.54) is 6.07 Å². The van der Waals surface area contributed by atoms with E-state index < -0.39 is 19.8 Å². The minimum absolute atomic E-state index is 0.000926. The van der Waals surface area contributed by atoms with Gasteiger partial charge >= 0.3 is 6.18 Å². The van der Waals surface area contributed by atoms with Gasteiger partial charge in [0, 0.05) is 10.6 Å². The maximum absolute atomic E-state index is 13.4. The fraction of sp³-hybridized carbons (Fsp3) is 0.444. The fourth-order valence-corrected chi connectivity index (χ4v) is 8.86. The van der Waals surface area contributed by atoms with E-state index >= 15 is 0 Å². The van der Waals surface area contributed by atoms with Crippen molar-refractivity contribution >= 4 is 25.1 Å². The van der Waals surface area contributed by atoms with Crippen LogP contribution in [0.25, 0.3) is 0 Å². The summed E-state index contributed by atoms with van der Waals surface area (Å²) >= 11 is 1.63. The van der Waals surface area contributed by atoms with Crippen LogP contribution >= 0.6 is 11.3 Å². The molecule has 1 aromatic carbocycles. The molecule has 0 amide bonds.